The Labute approximate surface area is 140 Å². The minimum atomic E-state index is -4.60. The van der Waals surface area contributed by atoms with Crippen molar-refractivity contribution < 1.29 is 22.0 Å². The second-order valence-electron chi connectivity index (χ2n) is 5.25. The Hall–Kier alpha value is -1.25. The lowest BCUT2D eigenvalue weighted by atomic mass is 10.1. The van der Waals surface area contributed by atoms with Crippen molar-refractivity contribution in [1.29, 1.82) is 0 Å². The normalized spacial score (nSPS) is 18.1. The maximum atomic E-state index is 12.4. The SMILES string of the molecule is Cl.NCC1CCCN1C(=O)Cc1ccc(S(=O)(=O)C(F)F)cc1. The molecular weight excluding hydrogens is 350 g/mol. The summed E-state index contributed by atoms with van der Waals surface area (Å²) in [7, 11) is -4.60. The van der Waals surface area contributed by atoms with Gasteiger partial charge in [-0.3, -0.25) is 4.79 Å². The number of alkyl halides is 2. The molecule has 2 rings (SSSR count). The average Bonchev–Trinajstić information content (AvgIpc) is 2.96. The highest BCUT2D eigenvalue weighted by atomic mass is 35.5. The number of rotatable bonds is 5. The molecule has 1 amide bonds. The van der Waals surface area contributed by atoms with Crippen molar-refractivity contribution in [2.45, 2.75) is 36.0 Å². The van der Waals surface area contributed by atoms with Crippen molar-refractivity contribution in [3.05, 3.63) is 29.8 Å². The lowest BCUT2D eigenvalue weighted by Crippen LogP contribution is -2.40. The Kier molecular flexibility index (Phi) is 6.91. The summed E-state index contributed by atoms with van der Waals surface area (Å²) in [6.07, 6.45) is 1.90. The maximum absolute atomic E-state index is 12.4. The molecular formula is C14H19ClF2N2O3S. The van der Waals surface area contributed by atoms with Crippen LogP contribution in [0.2, 0.25) is 0 Å². The van der Waals surface area contributed by atoms with Gasteiger partial charge in [0.05, 0.1) is 11.3 Å². The molecule has 1 unspecified atom stereocenters. The van der Waals surface area contributed by atoms with Crippen LogP contribution in [0.15, 0.2) is 29.2 Å². The summed E-state index contributed by atoms with van der Waals surface area (Å²) in [6.45, 7) is 1.08. The van der Waals surface area contributed by atoms with E-state index in [1.165, 1.54) is 12.1 Å². The molecule has 0 aliphatic carbocycles. The number of nitrogens with two attached hydrogens (primary N) is 1. The van der Waals surface area contributed by atoms with E-state index in [0.717, 1.165) is 25.0 Å². The quantitative estimate of drug-likeness (QED) is 0.856. The molecule has 1 heterocycles. The van der Waals surface area contributed by atoms with Gasteiger partial charge in [-0.25, -0.2) is 8.42 Å². The molecule has 5 nitrogen and oxygen atoms in total. The number of nitrogens with zero attached hydrogens (tertiary/aromatic N) is 1. The molecule has 0 saturated carbocycles. The van der Waals surface area contributed by atoms with E-state index in [1.54, 1.807) is 4.90 Å². The number of benzene rings is 1. The van der Waals surface area contributed by atoms with Gasteiger partial charge in [-0.15, -0.1) is 12.4 Å². The molecule has 1 aliphatic rings. The highest BCUT2D eigenvalue weighted by Crippen LogP contribution is 2.20. The van der Waals surface area contributed by atoms with Gasteiger partial charge in [-0.05, 0) is 30.5 Å². The van der Waals surface area contributed by atoms with Gasteiger partial charge in [-0.2, -0.15) is 8.78 Å². The first-order valence-electron chi connectivity index (χ1n) is 6.96. The third-order valence-corrected chi connectivity index (χ3v) is 5.21. The molecule has 1 aromatic carbocycles. The van der Waals surface area contributed by atoms with E-state index < -0.39 is 20.5 Å². The Bertz CT molecular complexity index is 638. The summed E-state index contributed by atoms with van der Waals surface area (Å²) in [5.41, 5.74) is 6.20. The van der Waals surface area contributed by atoms with Crippen molar-refractivity contribution in [2.75, 3.05) is 13.1 Å². The molecule has 1 atom stereocenters. The first kappa shape index (κ1) is 19.8. The van der Waals surface area contributed by atoms with Crippen molar-refractivity contribution in [1.82, 2.24) is 4.90 Å². The van der Waals surface area contributed by atoms with Crippen LogP contribution in [0, 0.1) is 0 Å². The van der Waals surface area contributed by atoms with Crippen LogP contribution in [0.3, 0.4) is 0 Å². The largest absolute Gasteiger partial charge is 0.341 e. The molecule has 2 N–H and O–H groups in total. The van der Waals surface area contributed by atoms with E-state index in [9.17, 15) is 22.0 Å². The number of likely N-dealkylation sites (tertiary alicyclic amines) is 1. The number of carbonyl (C=O) groups is 1. The topological polar surface area (TPSA) is 80.5 Å². The standard InChI is InChI=1S/C14H18F2N2O3S.ClH/c15-14(16)22(20,21)12-5-3-10(4-6-12)8-13(19)18-7-1-2-11(18)9-17;/h3-6,11,14H,1-2,7-9,17H2;1H. The van der Waals surface area contributed by atoms with E-state index in [0.29, 0.717) is 18.7 Å². The van der Waals surface area contributed by atoms with Crippen molar-refractivity contribution in [3.63, 3.8) is 0 Å². The zero-order valence-corrected chi connectivity index (χ0v) is 14.0. The van der Waals surface area contributed by atoms with Gasteiger partial charge in [0.2, 0.25) is 15.7 Å². The molecule has 1 fully saturated rings. The average molecular weight is 369 g/mol. The van der Waals surface area contributed by atoms with Crippen molar-refractivity contribution in [2.24, 2.45) is 5.73 Å². The summed E-state index contributed by atoms with van der Waals surface area (Å²) >= 11 is 0. The van der Waals surface area contributed by atoms with Crippen LogP contribution in [-0.4, -0.2) is 44.1 Å². The van der Waals surface area contributed by atoms with Crippen LogP contribution in [-0.2, 0) is 21.1 Å². The van der Waals surface area contributed by atoms with E-state index in [4.69, 9.17) is 5.73 Å². The minimum absolute atomic E-state index is 0. The fourth-order valence-corrected chi connectivity index (χ4v) is 3.31. The Morgan fingerprint density at radius 2 is 1.91 bits per heavy atom. The molecule has 9 heteroatoms. The van der Waals surface area contributed by atoms with Crippen LogP contribution >= 0.6 is 12.4 Å². The lowest BCUT2D eigenvalue weighted by molar-refractivity contribution is -0.131. The fraction of sp³-hybridized carbons (Fsp3) is 0.500. The minimum Gasteiger partial charge on any atom is -0.338 e. The van der Waals surface area contributed by atoms with Gasteiger partial charge in [-0.1, -0.05) is 12.1 Å². The predicted molar refractivity (Wildman–Crippen MR) is 84.4 cm³/mol. The van der Waals surface area contributed by atoms with Crippen LogP contribution in [0.5, 0.6) is 0 Å². The Morgan fingerprint density at radius 1 is 1.30 bits per heavy atom. The zero-order chi connectivity index (χ0) is 16.3. The second-order valence-corrected chi connectivity index (χ2v) is 7.16. The smallest absolute Gasteiger partial charge is 0.338 e. The fourth-order valence-electron chi connectivity index (χ4n) is 2.59. The highest BCUT2D eigenvalue weighted by Gasteiger charge is 2.28. The number of halogens is 3. The highest BCUT2D eigenvalue weighted by molar-refractivity contribution is 7.91. The first-order chi connectivity index (χ1) is 10.4. The summed E-state index contributed by atoms with van der Waals surface area (Å²) in [5.74, 6) is -3.53. The molecule has 1 aromatic rings. The van der Waals surface area contributed by atoms with Crippen molar-refractivity contribution >= 4 is 28.2 Å². The maximum Gasteiger partial charge on any atom is 0.341 e. The lowest BCUT2D eigenvalue weighted by Gasteiger charge is -2.23. The molecule has 0 aromatic heterocycles. The van der Waals surface area contributed by atoms with Gasteiger partial charge >= 0.3 is 5.76 Å². The molecule has 23 heavy (non-hydrogen) atoms. The summed E-state index contributed by atoms with van der Waals surface area (Å²) < 4.78 is 47.5. The summed E-state index contributed by atoms with van der Waals surface area (Å²) in [5, 5.41) is 0. The predicted octanol–water partition coefficient (Wildman–Crippen LogP) is 1.60. The van der Waals surface area contributed by atoms with Gasteiger partial charge in [0.25, 0.3) is 0 Å². The molecule has 130 valence electrons. The number of carbonyl (C=O) groups excluding carboxylic acids is 1. The number of hydrogen-bond donors (Lipinski definition) is 1. The van der Waals surface area contributed by atoms with Gasteiger partial charge in [0.15, 0.2) is 0 Å². The van der Waals surface area contributed by atoms with Crippen LogP contribution < -0.4 is 5.73 Å². The van der Waals surface area contributed by atoms with E-state index in [1.807, 2.05) is 0 Å². The molecule has 0 spiro atoms. The van der Waals surface area contributed by atoms with Crippen LogP contribution in [0.25, 0.3) is 0 Å². The van der Waals surface area contributed by atoms with Gasteiger partial charge in [0, 0.05) is 19.1 Å². The Morgan fingerprint density at radius 3 is 2.43 bits per heavy atom. The number of hydrogen-bond acceptors (Lipinski definition) is 4. The molecule has 1 aliphatic heterocycles. The van der Waals surface area contributed by atoms with E-state index in [2.05, 4.69) is 0 Å². The first-order valence-corrected chi connectivity index (χ1v) is 8.51. The monoisotopic (exact) mass is 368 g/mol. The molecule has 1 saturated heterocycles. The molecule has 0 radical (unpaired) electrons. The summed E-state index contributed by atoms with van der Waals surface area (Å²) in [4.78, 5) is 13.5. The van der Waals surface area contributed by atoms with Crippen molar-refractivity contribution in [3.8, 4) is 0 Å². The number of sulfone groups is 1. The van der Waals surface area contributed by atoms with Gasteiger partial charge in [0.1, 0.15) is 0 Å². The summed E-state index contributed by atoms with van der Waals surface area (Å²) in [6, 6.07) is 5.04. The zero-order valence-electron chi connectivity index (χ0n) is 12.3. The Balaban J connectivity index is 0.00000264. The number of amides is 1. The second kappa shape index (κ2) is 8.03. The van der Waals surface area contributed by atoms with Crippen LogP contribution in [0.1, 0.15) is 18.4 Å². The van der Waals surface area contributed by atoms with E-state index in [-0.39, 0.29) is 30.8 Å². The van der Waals surface area contributed by atoms with E-state index >= 15 is 0 Å². The third-order valence-electron chi connectivity index (χ3n) is 3.81. The van der Waals surface area contributed by atoms with Crippen LogP contribution in [0.4, 0.5) is 8.78 Å². The van der Waals surface area contributed by atoms with Gasteiger partial charge < -0.3 is 10.6 Å². The molecule has 0 bridgehead atoms. The third kappa shape index (κ3) is 4.39.